The van der Waals surface area contributed by atoms with Crippen molar-refractivity contribution in [3.63, 3.8) is 0 Å². The normalized spacial score (nSPS) is 15.3. The van der Waals surface area contributed by atoms with Crippen LogP contribution >= 0.6 is 0 Å². The highest BCUT2D eigenvalue weighted by molar-refractivity contribution is 5.50. The smallest absolute Gasteiger partial charge is 0.178 e. The van der Waals surface area contributed by atoms with Crippen molar-refractivity contribution in [2.45, 2.75) is 39.2 Å². The minimum Gasteiger partial charge on any atom is -0.352 e. The van der Waals surface area contributed by atoms with Gasteiger partial charge in [-0.1, -0.05) is 20.8 Å². The van der Waals surface area contributed by atoms with E-state index in [0.29, 0.717) is 6.04 Å². The monoisotopic (exact) mass is 352 g/mol. The summed E-state index contributed by atoms with van der Waals surface area (Å²) in [6.07, 6.45) is 0. The van der Waals surface area contributed by atoms with Gasteiger partial charge in [-0.25, -0.2) is 0 Å². The summed E-state index contributed by atoms with van der Waals surface area (Å²) in [5, 5.41) is 21.6. The van der Waals surface area contributed by atoms with Gasteiger partial charge in [-0.3, -0.25) is 0 Å². The molecule has 1 aliphatic heterocycles. The molecule has 1 fully saturated rings. The van der Waals surface area contributed by atoms with Crippen LogP contribution in [0.25, 0.3) is 5.65 Å². The fourth-order valence-electron chi connectivity index (χ4n) is 3.04. The van der Waals surface area contributed by atoms with E-state index < -0.39 is 0 Å². The van der Waals surface area contributed by atoms with Crippen LogP contribution in [0.2, 0.25) is 0 Å². The van der Waals surface area contributed by atoms with Gasteiger partial charge in [0.05, 0.1) is 11.7 Å². The van der Waals surface area contributed by atoms with Crippen LogP contribution in [0.3, 0.4) is 0 Å². The van der Waals surface area contributed by atoms with E-state index in [9.17, 15) is 0 Å². The van der Waals surface area contributed by atoms with Gasteiger partial charge in [0.15, 0.2) is 17.3 Å². The van der Waals surface area contributed by atoms with Gasteiger partial charge in [0, 0.05) is 25.6 Å². The molecule has 0 amide bonds. The lowest BCUT2D eigenvalue weighted by Crippen LogP contribution is -2.59. The molecule has 0 unspecified atom stereocenters. The average Bonchev–Trinajstić information content (AvgIpc) is 2.94. The second-order valence-corrected chi connectivity index (χ2v) is 7.91. The highest BCUT2D eigenvalue weighted by Crippen LogP contribution is 2.25. The van der Waals surface area contributed by atoms with Crippen molar-refractivity contribution in [2.24, 2.45) is 0 Å². The van der Waals surface area contributed by atoms with Gasteiger partial charge in [-0.15, -0.1) is 20.4 Å². The van der Waals surface area contributed by atoms with Crippen LogP contribution in [-0.4, -0.2) is 56.2 Å². The molecule has 0 saturated carbocycles. The largest absolute Gasteiger partial charge is 0.352 e. The van der Waals surface area contributed by atoms with Crippen molar-refractivity contribution in [3.8, 4) is 0 Å². The van der Waals surface area contributed by atoms with Crippen molar-refractivity contribution in [2.75, 3.05) is 29.9 Å². The lowest BCUT2D eigenvalue weighted by atomic mass is 9.92. The number of aromatic nitrogens is 6. The van der Waals surface area contributed by atoms with Gasteiger partial charge < -0.3 is 9.80 Å². The SMILES string of the molecule is Cc1nnc2ccc(N(C)C3CN(c4ccc(C(C)(C)C)nn4)C3)nn12. The Labute approximate surface area is 152 Å². The molecular weight excluding hydrogens is 328 g/mol. The maximum absolute atomic E-state index is 4.65. The number of likely N-dealkylation sites (N-methyl/N-ethyl adjacent to an activating group) is 1. The Balaban J connectivity index is 1.44. The quantitative estimate of drug-likeness (QED) is 0.712. The van der Waals surface area contributed by atoms with Gasteiger partial charge in [-0.2, -0.15) is 9.61 Å². The van der Waals surface area contributed by atoms with E-state index in [1.54, 1.807) is 4.52 Å². The standard InChI is InChI=1S/C18H24N8/c1-12-19-22-16-8-9-17(23-26(12)16)24(5)13-10-25(11-13)15-7-6-14(20-21-15)18(2,3)4/h6-9,13H,10-11H2,1-5H3. The number of aryl methyl sites for hydroxylation is 1. The lowest BCUT2D eigenvalue weighted by Gasteiger charge is -2.44. The highest BCUT2D eigenvalue weighted by atomic mass is 15.4. The van der Waals surface area contributed by atoms with E-state index in [4.69, 9.17) is 0 Å². The molecule has 0 aromatic carbocycles. The molecule has 136 valence electrons. The number of hydrogen-bond acceptors (Lipinski definition) is 7. The van der Waals surface area contributed by atoms with Crippen LogP contribution in [-0.2, 0) is 5.41 Å². The summed E-state index contributed by atoms with van der Waals surface area (Å²) >= 11 is 0. The Morgan fingerprint density at radius 2 is 1.77 bits per heavy atom. The Morgan fingerprint density at radius 3 is 2.42 bits per heavy atom. The van der Waals surface area contributed by atoms with Crippen LogP contribution in [0.1, 0.15) is 32.3 Å². The third-order valence-corrected chi connectivity index (χ3v) is 4.92. The molecule has 8 heteroatoms. The summed E-state index contributed by atoms with van der Waals surface area (Å²) in [5.74, 6) is 2.64. The van der Waals surface area contributed by atoms with Gasteiger partial charge >= 0.3 is 0 Å². The summed E-state index contributed by atoms with van der Waals surface area (Å²) < 4.78 is 1.78. The molecule has 0 atom stereocenters. The molecule has 4 heterocycles. The van der Waals surface area contributed by atoms with Crippen LogP contribution in [0.15, 0.2) is 24.3 Å². The number of anilines is 2. The van der Waals surface area contributed by atoms with Crippen molar-refractivity contribution in [1.82, 2.24) is 30.0 Å². The summed E-state index contributed by atoms with van der Waals surface area (Å²) in [7, 11) is 2.07. The Kier molecular flexibility index (Phi) is 3.78. The highest BCUT2D eigenvalue weighted by Gasteiger charge is 2.32. The first-order chi connectivity index (χ1) is 12.3. The van der Waals surface area contributed by atoms with E-state index in [1.165, 1.54) is 0 Å². The molecule has 0 radical (unpaired) electrons. The van der Waals surface area contributed by atoms with E-state index in [0.717, 1.165) is 41.9 Å². The van der Waals surface area contributed by atoms with E-state index >= 15 is 0 Å². The predicted octanol–water partition coefficient (Wildman–Crippen LogP) is 1.85. The van der Waals surface area contributed by atoms with Crippen molar-refractivity contribution >= 4 is 17.3 Å². The van der Waals surface area contributed by atoms with Crippen LogP contribution < -0.4 is 9.80 Å². The van der Waals surface area contributed by atoms with Gasteiger partial charge in [-0.05, 0) is 31.2 Å². The summed E-state index contributed by atoms with van der Waals surface area (Å²) in [5.41, 5.74) is 1.80. The van der Waals surface area contributed by atoms with Gasteiger partial charge in [0.1, 0.15) is 5.82 Å². The van der Waals surface area contributed by atoms with Crippen LogP contribution in [0.4, 0.5) is 11.6 Å². The molecule has 1 saturated heterocycles. The number of nitrogens with zero attached hydrogens (tertiary/aromatic N) is 8. The fourth-order valence-corrected chi connectivity index (χ4v) is 3.04. The second-order valence-electron chi connectivity index (χ2n) is 7.91. The van der Waals surface area contributed by atoms with Crippen molar-refractivity contribution in [3.05, 3.63) is 35.8 Å². The Hall–Kier alpha value is -2.77. The Bertz CT molecular complexity index is 919. The van der Waals surface area contributed by atoms with Crippen molar-refractivity contribution in [1.29, 1.82) is 0 Å². The molecule has 8 nitrogen and oxygen atoms in total. The first-order valence-electron chi connectivity index (χ1n) is 8.84. The molecule has 0 N–H and O–H groups in total. The van der Waals surface area contributed by atoms with Gasteiger partial charge in [0.25, 0.3) is 0 Å². The summed E-state index contributed by atoms with van der Waals surface area (Å²) in [6.45, 7) is 10.1. The number of fused-ring (bicyclic) bond motifs is 1. The third-order valence-electron chi connectivity index (χ3n) is 4.92. The molecule has 0 bridgehead atoms. The Morgan fingerprint density at radius 1 is 1.00 bits per heavy atom. The summed E-state index contributed by atoms with van der Waals surface area (Å²) in [4.78, 5) is 4.44. The maximum Gasteiger partial charge on any atom is 0.178 e. The molecule has 26 heavy (non-hydrogen) atoms. The van der Waals surface area contributed by atoms with E-state index in [1.807, 2.05) is 19.1 Å². The number of rotatable bonds is 3. The summed E-state index contributed by atoms with van der Waals surface area (Å²) in [6, 6.07) is 8.47. The number of hydrogen-bond donors (Lipinski definition) is 0. The van der Waals surface area contributed by atoms with Crippen LogP contribution in [0, 0.1) is 6.92 Å². The fraction of sp³-hybridized carbons (Fsp3) is 0.500. The second kappa shape index (κ2) is 5.89. The zero-order valence-corrected chi connectivity index (χ0v) is 15.9. The molecule has 3 aromatic heterocycles. The minimum atomic E-state index is 0.0217. The first kappa shape index (κ1) is 16.7. The molecule has 0 aliphatic carbocycles. The molecule has 4 rings (SSSR count). The molecule has 3 aromatic rings. The van der Waals surface area contributed by atoms with Crippen LogP contribution in [0.5, 0.6) is 0 Å². The molecular formula is C18H24N8. The van der Waals surface area contributed by atoms with Gasteiger partial charge in [0.2, 0.25) is 0 Å². The van der Waals surface area contributed by atoms with Crippen molar-refractivity contribution < 1.29 is 0 Å². The third kappa shape index (κ3) is 2.85. The zero-order valence-electron chi connectivity index (χ0n) is 15.9. The first-order valence-corrected chi connectivity index (χ1v) is 8.84. The zero-order chi connectivity index (χ0) is 18.5. The lowest BCUT2D eigenvalue weighted by molar-refractivity contribution is 0.483. The average molecular weight is 352 g/mol. The topological polar surface area (TPSA) is 75.3 Å². The molecule has 0 spiro atoms. The predicted molar refractivity (Wildman–Crippen MR) is 101 cm³/mol. The minimum absolute atomic E-state index is 0.0217. The molecule has 1 aliphatic rings. The van der Waals surface area contributed by atoms with E-state index in [-0.39, 0.29) is 5.41 Å². The maximum atomic E-state index is 4.65. The van der Waals surface area contributed by atoms with E-state index in [2.05, 4.69) is 75.2 Å².